The van der Waals surface area contributed by atoms with Crippen molar-refractivity contribution in [3.8, 4) is 0 Å². The van der Waals surface area contributed by atoms with Gasteiger partial charge in [0.25, 0.3) is 0 Å². The molecule has 3 fully saturated rings. The number of amides is 3. The zero-order valence-electron chi connectivity index (χ0n) is 24.8. The molecule has 0 aliphatic carbocycles. The summed E-state index contributed by atoms with van der Waals surface area (Å²) in [5.41, 5.74) is -0.876. The summed E-state index contributed by atoms with van der Waals surface area (Å²) >= 11 is 0. The maximum absolute atomic E-state index is 14.4. The molecule has 3 heterocycles. The first-order valence-electron chi connectivity index (χ1n) is 15.2. The molecule has 1 N–H and O–H groups in total. The van der Waals surface area contributed by atoms with Gasteiger partial charge in [-0.15, -0.1) is 13.2 Å². The number of hydrogen-bond acceptors (Lipinski definition) is 5. The molecule has 0 saturated carbocycles. The third-order valence-corrected chi connectivity index (χ3v) is 9.15. The molecule has 1 aromatic carbocycles. The van der Waals surface area contributed by atoms with Gasteiger partial charge in [-0.05, 0) is 51.0 Å². The number of nitrogens with zero attached hydrogens (tertiary/aromatic N) is 3. The molecule has 1 aromatic rings. The average molecular weight is 566 g/mol. The van der Waals surface area contributed by atoms with E-state index in [2.05, 4.69) is 20.1 Å². The summed E-state index contributed by atoms with van der Waals surface area (Å²) in [5, 5.41) is 9.29. The summed E-state index contributed by atoms with van der Waals surface area (Å²) in [7, 11) is 0. The van der Waals surface area contributed by atoms with Crippen LogP contribution in [0.3, 0.4) is 0 Å². The molecule has 3 aliphatic heterocycles. The fourth-order valence-electron chi connectivity index (χ4n) is 7.25. The van der Waals surface area contributed by atoms with Crippen molar-refractivity contribution in [1.82, 2.24) is 14.7 Å². The fourth-order valence-corrected chi connectivity index (χ4v) is 7.25. The summed E-state index contributed by atoms with van der Waals surface area (Å²) in [6, 6.07) is 9.02. The van der Waals surface area contributed by atoms with Crippen LogP contribution in [0.1, 0.15) is 64.4 Å². The van der Waals surface area contributed by atoms with Gasteiger partial charge in [-0.2, -0.15) is 0 Å². The molecule has 2 bridgehead atoms. The molecule has 41 heavy (non-hydrogen) atoms. The van der Waals surface area contributed by atoms with Crippen molar-refractivity contribution >= 4 is 17.7 Å². The molecule has 4 rings (SSSR count). The van der Waals surface area contributed by atoms with Crippen molar-refractivity contribution in [2.75, 3.05) is 32.8 Å². The van der Waals surface area contributed by atoms with E-state index in [1.807, 2.05) is 37.3 Å². The Hall–Kier alpha value is -2.97. The lowest BCUT2D eigenvalue weighted by molar-refractivity contribution is -0.153. The van der Waals surface area contributed by atoms with Gasteiger partial charge in [0.2, 0.25) is 17.7 Å². The van der Waals surface area contributed by atoms with E-state index in [1.165, 1.54) is 0 Å². The van der Waals surface area contributed by atoms with Crippen LogP contribution in [0.2, 0.25) is 0 Å². The lowest BCUT2D eigenvalue weighted by Gasteiger charge is -2.37. The van der Waals surface area contributed by atoms with E-state index >= 15 is 0 Å². The van der Waals surface area contributed by atoms with Gasteiger partial charge in [0.1, 0.15) is 11.6 Å². The number of aliphatic hydroxyl groups is 1. The van der Waals surface area contributed by atoms with Crippen LogP contribution >= 0.6 is 0 Å². The van der Waals surface area contributed by atoms with E-state index in [4.69, 9.17) is 4.74 Å². The number of benzene rings is 1. The maximum Gasteiger partial charge on any atom is 0.248 e. The summed E-state index contributed by atoms with van der Waals surface area (Å²) < 4.78 is 6.83. The van der Waals surface area contributed by atoms with E-state index in [0.29, 0.717) is 58.4 Å². The molecule has 8 heteroatoms. The van der Waals surface area contributed by atoms with E-state index in [1.54, 1.807) is 26.9 Å². The molecule has 3 amide bonds. The van der Waals surface area contributed by atoms with Crippen LogP contribution in [0.15, 0.2) is 55.6 Å². The van der Waals surface area contributed by atoms with E-state index < -0.39 is 29.1 Å². The zero-order valence-corrected chi connectivity index (χ0v) is 24.8. The second-order valence-electron chi connectivity index (χ2n) is 12.0. The smallest absolute Gasteiger partial charge is 0.248 e. The monoisotopic (exact) mass is 565 g/mol. The van der Waals surface area contributed by atoms with Gasteiger partial charge in [0, 0.05) is 39.3 Å². The van der Waals surface area contributed by atoms with Crippen LogP contribution in [0.5, 0.6) is 0 Å². The Balaban J connectivity index is 1.71. The van der Waals surface area contributed by atoms with Gasteiger partial charge >= 0.3 is 0 Å². The minimum absolute atomic E-state index is 0.0889. The van der Waals surface area contributed by atoms with E-state index in [0.717, 1.165) is 24.8 Å². The second-order valence-corrected chi connectivity index (χ2v) is 12.0. The molecule has 3 aliphatic rings. The lowest BCUT2D eigenvalue weighted by Crippen LogP contribution is -2.56. The average Bonchev–Trinajstić information content (AvgIpc) is 3.53. The van der Waals surface area contributed by atoms with E-state index in [9.17, 15) is 19.5 Å². The molecule has 8 nitrogen and oxygen atoms in total. The van der Waals surface area contributed by atoms with Gasteiger partial charge in [0.15, 0.2) is 0 Å². The Labute approximate surface area is 245 Å². The first-order chi connectivity index (χ1) is 19.8. The number of carbonyl (C=O) groups excluding carboxylic acids is 3. The standard InChI is InChI=1S/C33H47N3O5/c1-5-8-21-34(19-6-2)31(40)28-33-18-17-32(4,41-33)26(27(33)30(39)36(28)22-13-10-14-23-37)29(38)35(20-7-3)24-25-15-11-9-12-16-25/h6-7,9,11-12,15-16,26-28,37H,2-3,5,8,10,13-14,17-24H2,1,4H3/t26-,27+,28?,32+,33?/m1/s1. The highest BCUT2D eigenvalue weighted by atomic mass is 16.5. The van der Waals surface area contributed by atoms with Crippen molar-refractivity contribution < 1.29 is 24.2 Å². The second kappa shape index (κ2) is 13.3. The molecule has 0 aromatic heterocycles. The molecule has 3 saturated heterocycles. The lowest BCUT2D eigenvalue weighted by atomic mass is 9.66. The summed E-state index contributed by atoms with van der Waals surface area (Å²) in [6.45, 7) is 14.0. The topological polar surface area (TPSA) is 90.4 Å². The number of fused-ring (bicyclic) bond motifs is 1. The predicted molar refractivity (Wildman–Crippen MR) is 159 cm³/mol. The normalized spacial score (nSPS) is 28.0. The third kappa shape index (κ3) is 5.86. The molecular weight excluding hydrogens is 518 g/mol. The summed E-state index contributed by atoms with van der Waals surface area (Å²) in [6.07, 6.45) is 8.45. The van der Waals surface area contributed by atoms with Crippen molar-refractivity contribution in [3.05, 3.63) is 61.2 Å². The van der Waals surface area contributed by atoms with E-state index in [-0.39, 0.29) is 24.3 Å². The van der Waals surface area contributed by atoms with Crippen molar-refractivity contribution in [3.63, 3.8) is 0 Å². The highest BCUT2D eigenvalue weighted by Crippen LogP contribution is 2.63. The van der Waals surface area contributed by atoms with Crippen molar-refractivity contribution in [1.29, 1.82) is 0 Å². The SMILES string of the molecule is C=CCN(CCCC)C(=O)C1N(CCCCCO)C(=O)[C@@H]2[C@H](C(=O)N(CC=C)Cc3ccccc3)[C@]3(C)CCC12O3. The first kappa shape index (κ1) is 31.0. The number of ether oxygens (including phenoxy) is 1. The third-order valence-electron chi connectivity index (χ3n) is 9.15. The summed E-state index contributed by atoms with van der Waals surface area (Å²) in [5.74, 6) is -1.82. The van der Waals surface area contributed by atoms with Gasteiger partial charge < -0.3 is 24.5 Å². The van der Waals surface area contributed by atoms with Gasteiger partial charge in [-0.1, -0.05) is 55.8 Å². The largest absolute Gasteiger partial charge is 0.396 e. The maximum atomic E-state index is 14.4. The molecule has 0 radical (unpaired) electrons. The zero-order chi connectivity index (χ0) is 29.6. The van der Waals surface area contributed by atoms with Crippen LogP contribution < -0.4 is 0 Å². The van der Waals surface area contributed by atoms with Crippen LogP contribution in [-0.2, 0) is 25.7 Å². The molecule has 2 unspecified atom stereocenters. The van der Waals surface area contributed by atoms with Gasteiger partial charge in [-0.25, -0.2) is 0 Å². The Bertz CT molecular complexity index is 1110. The van der Waals surface area contributed by atoms with Crippen LogP contribution in [0.25, 0.3) is 0 Å². The number of rotatable bonds is 16. The molecular formula is C33H47N3O5. The number of unbranched alkanes of at least 4 members (excludes halogenated alkanes) is 3. The molecule has 5 atom stereocenters. The minimum atomic E-state index is -1.04. The van der Waals surface area contributed by atoms with Crippen molar-refractivity contribution in [2.24, 2.45) is 11.8 Å². The quantitative estimate of drug-likeness (QED) is 0.242. The Morgan fingerprint density at radius 2 is 1.76 bits per heavy atom. The number of likely N-dealkylation sites (tertiary alicyclic amines) is 1. The van der Waals surface area contributed by atoms with Crippen molar-refractivity contribution in [2.45, 2.75) is 82.6 Å². The van der Waals surface area contributed by atoms with Crippen LogP contribution in [0.4, 0.5) is 0 Å². The highest BCUT2D eigenvalue weighted by molar-refractivity contribution is 5.99. The first-order valence-corrected chi connectivity index (χ1v) is 15.2. The van der Waals surface area contributed by atoms with Gasteiger partial charge in [-0.3, -0.25) is 14.4 Å². The number of aliphatic hydroxyl groups excluding tert-OH is 1. The minimum Gasteiger partial charge on any atom is -0.396 e. The van der Waals surface area contributed by atoms with Crippen LogP contribution in [-0.4, -0.2) is 87.6 Å². The Kier molecular flexibility index (Phi) is 10.1. The number of carbonyl (C=O) groups is 3. The molecule has 224 valence electrons. The Morgan fingerprint density at radius 1 is 1.05 bits per heavy atom. The molecule has 1 spiro atoms. The summed E-state index contributed by atoms with van der Waals surface area (Å²) in [4.78, 5) is 48.3. The Morgan fingerprint density at radius 3 is 2.41 bits per heavy atom. The highest BCUT2D eigenvalue weighted by Gasteiger charge is 2.78. The number of hydrogen-bond donors (Lipinski definition) is 1. The predicted octanol–water partition coefficient (Wildman–Crippen LogP) is 3.94. The van der Waals surface area contributed by atoms with Crippen LogP contribution in [0, 0.1) is 11.8 Å². The fraction of sp³-hybridized carbons (Fsp3) is 0.606. The van der Waals surface area contributed by atoms with Gasteiger partial charge in [0.05, 0.1) is 17.4 Å².